The fraction of sp³-hybridized carbons (Fsp3) is 0.308. The maximum atomic E-state index is 12.4. The molecule has 0 aliphatic heterocycles. The lowest BCUT2D eigenvalue weighted by Gasteiger charge is -2.17. The number of nitrogens with zero attached hydrogens (tertiary/aromatic N) is 4. The van der Waals surface area contributed by atoms with Gasteiger partial charge in [-0.1, -0.05) is 23.7 Å². The molecule has 20 heavy (non-hydrogen) atoms. The third-order valence-electron chi connectivity index (χ3n) is 2.98. The van der Waals surface area contributed by atoms with E-state index in [4.69, 9.17) is 11.6 Å². The van der Waals surface area contributed by atoms with Gasteiger partial charge in [0.1, 0.15) is 0 Å². The van der Waals surface area contributed by atoms with E-state index in [0.717, 1.165) is 10.1 Å². The van der Waals surface area contributed by atoms with E-state index in [2.05, 4.69) is 4.98 Å². The van der Waals surface area contributed by atoms with Gasteiger partial charge >= 0.3 is 11.4 Å². The molecule has 0 amide bonds. The molecule has 1 heterocycles. The molecular formula is C13H15ClN4O2. The molecule has 0 radical (unpaired) electrons. The summed E-state index contributed by atoms with van der Waals surface area (Å²) in [5, 5.41) is 0.337. The van der Waals surface area contributed by atoms with E-state index >= 15 is 0 Å². The summed E-state index contributed by atoms with van der Waals surface area (Å²) in [4.78, 5) is 30.1. The summed E-state index contributed by atoms with van der Waals surface area (Å²) < 4.78 is 2.30. The van der Waals surface area contributed by atoms with E-state index in [1.807, 2.05) is 0 Å². The Morgan fingerprint density at radius 3 is 2.45 bits per heavy atom. The molecule has 0 saturated heterocycles. The highest BCUT2D eigenvalue weighted by atomic mass is 35.5. The number of hydrogen-bond acceptors (Lipinski definition) is 4. The molecular weight excluding hydrogens is 280 g/mol. The van der Waals surface area contributed by atoms with Crippen LogP contribution < -0.4 is 16.3 Å². The van der Waals surface area contributed by atoms with Crippen LogP contribution in [0.15, 0.2) is 27.8 Å². The average molecular weight is 295 g/mol. The molecule has 0 saturated carbocycles. The zero-order chi connectivity index (χ0) is 15.0. The zero-order valence-corrected chi connectivity index (χ0v) is 12.5. The van der Waals surface area contributed by atoms with Crippen LogP contribution in [0, 0.1) is 6.92 Å². The normalized spacial score (nSPS) is 10.7. The smallest absolute Gasteiger partial charge is 0.348 e. The van der Waals surface area contributed by atoms with Crippen LogP contribution in [-0.2, 0) is 7.05 Å². The van der Waals surface area contributed by atoms with E-state index in [1.165, 1.54) is 4.57 Å². The second-order valence-corrected chi connectivity index (χ2v) is 5.08. The second kappa shape index (κ2) is 5.13. The van der Waals surface area contributed by atoms with Crippen molar-refractivity contribution >= 4 is 17.5 Å². The van der Waals surface area contributed by atoms with Crippen LogP contribution in [0.4, 0.5) is 5.95 Å². The molecule has 1 aromatic carbocycles. The van der Waals surface area contributed by atoms with E-state index in [1.54, 1.807) is 51.2 Å². The molecule has 0 atom stereocenters. The van der Waals surface area contributed by atoms with E-state index < -0.39 is 11.4 Å². The average Bonchev–Trinajstić information content (AvgIpc) is 2.37. The fourth-order valence-electron chi connectivity index (χ4n) is 2.03. The summed E-state index contributed by atoms with van der Waals surface area (Å²) in [7, 11) is 4.99. The Bertz CT molecular complexity index is 757. The Hall–Kier alpha value is -2.08. The summed E-state index contributed by atoms with van der Waals surface area (Å²) in [6, 6.07) is 5.18. The van der Waals surface area contributed by atoms with Gasteiger partial charge in [-0.2, -0.15) is 4.98 Å². The van der Waals surface area contributed by atoms with Gasteiger partial charge in [-0.05, 0) is 18.6 Å². The Morgan fingerprint density at radius 1 is 1.25 bits per heavy atom. The van der Waals surface area contributed by atoms with Crippen LogP contribution in [-0.4, -0.2) is 28.2 Å². The van der Waals surface area contributed by atoms with Crippen molar-refractivity contribution in [1.82, 2.24) is 14.1 Å². The maximum absolute atomic E-state index is 12.4. The van der Waals surface area contributed by atoms with Crippen LogP contribution in [0.3, 0.4) is 0 Å². The third-order valence-corrected chi connectivity index (χ3v) is 3.28. The Morgan fingerprint density at radius 2 is 1.90 bits per heavy atom. The van der Waals surface area contributed by atoms with E-state index in [0.29, 0.717) is 16.7 Å². The Balaban J connectivity index is 2.88. The number of rotatable bonds is 2. The van der Waals surface area contributed by atoms with Crippen LogP contribution in [0.5, 0.6) is 0 Å². The van der Waals surface area contributed by atoms with Gasteiger partial charge in [-0.15, -0.1) is 0 Å². The monoisotopic (exact) mass is 294 g/mol. The molecule has 0 unspecified atom stereocenters. The first-order valence-electron chi connectivity index (χ1n) is 5.97. The van der Waals surface area contributed by atoms with Gasteiger partial charge in [0.2, 0.25) is 5.95 Å². The fourth-order valence-corrected chi connectivity index (χ4v) is 2.33. The molecule has 0 fully saturated rings. The van der Waals surface area contributed by atoms with Crippen molar-refractivity contribution < 1.29 is 0 Å². The first-order valence-corrected chi connectivity index (χ1v) is 6.35. The van der Waals surface area contributed by atoms with Gasteiger partial charge in [0.05, 0.1) is 10.7 Å². The summed E-state index contributed by atoms with van der Waals surface area (Å²) in [5.74, 6) is 0.293. The predicted octanol–water partition coefficient (Wildman–Crippen LogP) is 0.959. The number of anilines is 1. The molecule has 0 aliphatic carbocycles. The summed E-state index contributed by atoms with van der Waals surface area (Å²) in [6.07, 6.45) is 0. The lowest BCUT2D eigenvalue weighted by Crippen LogP contribution is -2.42. The standard InChI is InChI=1S/C13H15ClN4O2/c1-8-6-5-7-9(14)10(8)18-12(19)15-11(16(2)3)17(4)13(18)20/h5-7H,1-4H3. The first kappa shape index (κ1) is 14.3. The van der Waals surface area contributed by atoms with Gasteiger partial charge in [-0.25, -0.2) is 14.2 Å². The minimum absolute atomic E-state index is 0.293. The minimum atomic E-state index is -0.645. The van der Waals surface area contributed by atoms with Crippen LogP contribution in [0.25, 0.3) is 5.69 Å². The maximum Gasteiger partial charge on any atom is 0.359 e. The molecule has 7 heteroatoms. The topological polar surface area (TPSA) is 60.1 Å². The Kier molecular flexibility index (Phi) is 3.67. The number of aryl methyl sites for hydroxylation is 1. The highest BCUT2D eigenvalue weighted by Crippen LogP contribution is 2.21. The number of hydrogen-bond donors (Lipinski definition) is 0. The van der Waals surface area contributed by atoms with Crippen LogP contribution in [0.1, 0.15) is 5.56 Å². The predicted molar refractivity (Wildman–Crippen MR) is 79.1 cm³/mol. The van der Waals surface area contributed by atoms with Crippen molar-refractivity contribution in [3.05, 3.63) is 49.8 Å². The van der Waals surface area contributed by atoms with Crippen molar-refractivity contribution in [2.75, 3.05) is 19.0 Å². The van der Waals surface area contributed by atoms with Crippen molar-refractivity contribution in [3.8, 4) is 5.69 Å². The molecule has 0 bridgehead atoms. The van der Waals surface area contributed by atoms with Gasteiger partial charge in [0.15, 0.2) is 0 Å². The molecule has 1 aromatic heterocycles. The highest BCUT2D eigenvalue weighted by molar-refractivity contribution is 6.32. The van der Waals surface area contributed by atoms with Crippen LogP contribution >= 0.6 is 11.6 Å². The number of halogens is 1. The van der Waals surface area contributed by atoms with Crippen molar-refractivity contribution in [3.63, 3.8) is 0 Å². The summed E-state index contributed by atoms with van der Waals surface area (Å²) in [6.45, 7) is 1.78. The summed E-state index contributed by atoms with van der Waals surface area (Å²) in [5.41, 5.74) is -0.0217. The molecule has 2 rings (SSSR count). The van der Waals surface area contributed by atoms with E-state index in [9.17, 15) is 9.59 Å². The van der Waals surface area contributed by atoms with Gasteiger partial charge in [0, 0.05) is 21.1 Å². The number of benzene rings is 1. The largest absolute Gasteiger partial charge is 0.359 e. The molecule has 0 spiro atoms. The van der Waals surface area contributed by atoms with Crippen molar-refractivity contribution in [1.29, 1.82) is 0 Å². The quantitative estimate of drug-likeness (QED) is 0.828. The Labute approximate surface area is 120 Å². The molecule has 0 N–H and O–H groups in total. The van der Waals surface area contributed by atoms with Gasteiger partial charge in [-0.3, -0.25) is 4.57 Å². The number of para-hydroxylation sites is 1. The zero-order valence-electron chi connectivity index (χ0n) is 11.7. The minimum Gasteiger partial charge on any atom is -0.348 e. The highest BCUT2D eigenvalue weighted by Gasteiger charge is 2.16. The molecule has 6 nitrogen and oxygen atoms in total. The third kappa shape index (κ3) is 2.22. The van der Waals surface area contributed by atoms with Crippen molar-refractivity contribution in [2.45, 2.75) is 6.92 Å². The lowest BCUT2D eigenvalue weighted by molar-refractivity contribution is 0.682. The molecule has 2 aromatic rings. The number of aromatic nitrogens is 3. The van der Waals surface area contributed by atoms with Crippen LogP contribution in [0.2, 0.25) is 5.02 Å². The van der Waals surface area contributed by atoms with Gasteiger partial charge in [0.25, 0.3) is 0 Å². The van der Waals surface area contributed by atoms with Gasteiger partial charge < -0.3 is 4.90 Å². The molecule has 106 valence electrons. The van der Waals surface area contributed by atoms with Crippen molar-refractivity contribution in [2.24, 2.45) is 7.05 Å². The van der Waals surface area contributed by atoms with E-state index in [-0.39, 0.29) is 0 Å². The SMILES string of the molecule is Cc1cccc(Cl)c1-n1c(=O)nc(N(C)C)n(C)c1=O. The summed E-state index contributed by atoms with van der Waals surface area (Å²) >= 11 is 6.12. The first-order chi connectivity index (χ1) is 9.34. The second-order valence-electron chi connectivity index (χ2n) is 4.67. The molecule has 0 aliphatic rings. The lowest BCUT2D eigenvalue weighted by atomic mass is 10.2.